The number of hydrogen-bond donors (Lipinski definition) is 0. The molecular weight excluding hydrogens is 701 g/mol. The lowest BCUT2D eigenvalue weighted by atomic mass is 9.98. The molecule has 0 spiro atoms. The highest BCUT2D eigenvalue weighted by Gasteiger charge is 2.21. The van der Waals surface area contributed by atoms with Gasteiger partial charge in [0.15, 0.2) is 17.5 Å². The lowest BCUT2D eigenvalue weighted by Crippen LogP contribution is -2.02. The molecule has 3 aromatic heterocycles. The average molecular weight is 744 g/mol. The van der Waals surface area contributed by atoms with E-state index in [1.54, 1.807) is 12.1 Å². The summed E-state index contributed by atoms with van der Waals surface area (Å²) < 4.78 is 100.0. The summed E-state index contributed by atoms with van der Waals surface area (Å²) in [4.78, 5) is 14.9. The topological polar surface area (TPSA) is 43.6 Å². The maximum atomic E-state index is 9.67. The summed E-state index contributed by atoms with van der Waals surface area (Å²) in [6.45, 7) is 0. The third kappa shape index (κ3) is 5.40. The molecule has 11 aromatic rings. The third-order valence-electron chi connectivity index (χ3n) is 9.91. The molecule has 262 valence electrons. The van der Waals surface area contributed by atoms with Crippen molar-refractivity contribution in [2.75, 3.05) is 0 Å². The lowest BCUT2D eigenvalue weighted by molar-refractivity contribution is 1.07. The van der Waals surface area contributed by atoms with E-state index in [1.165, 1.54) is 6.07 Å². The first-order valence-electron chi connectivity index (χ1n) is 23.4. The first-order chi connectivity index (χ1) is 32.3. The van der Waals surface area contributed by atoms with E-state index in [0.717, 1.165) is 38.8 Å². The quantitative estimate of drug-likeness (QED) is 0.170. The molecule has 8 aromatic carbocycles. The Morgan fingerprint density at radius 3 is 1.84 bits per heavy atom. The predicted octanol–water partition coefficient (Wildman–Crippen LogP) is 13.7. The van der Waals surface area contributed by atoms with Gasteiger partial charge in [0.1, 0.15) is 0 Å². The Labute approximate surface area is 343 Å². The first-order valence-corrected chi connectivity index (χ1v) is 18.7. The standard InChI is InChI=1S/C51H32N4S/c1-4-15-33(16-5-1)36-27-29-39-38-21-10-12-25-44(38)55(46(39)32-36)45-30-28-37(31-43(45)42-24-14-23-41-40-22-11-13-26-47(40)56-48(41)42)51-53-49(34-17-6-2-7-18-34)52-50(54-51)35-19-8-3-9-20-35/h1-32H/i1D,4D,5D,11D,14D,15D,16D,22D,23D,24D,26D. The fourth-order valence-corrected chi connectivity index (χ4v) is 8.44. The molecule has 0 saturated carbocycles. The largest absolute Gasteiger partial charge is 0.309 e. The predicted molar refractivity (Wildman–Crippen MR) is 234 cm³/mol. The van der Waals surface area contributed by atoms with Crippen LogP contribution in [0, 0.1) is 0 Å². The molecule has 0 aliphatic heterocycles. The van der Waals surface area contributed by atoms with Crippen molar-refractivity contribution >= 4 is 53.3 Å². The Bertz CT molecular complexity index is 3810. The summed E-state index contributed by atoms with van der Waals surface area (Å²) in [6.07, 6.45) is 0. The molecule has 0 N–H and O–H groups in total. The molecule has 0 fully saturated rings. The third-order valence-corrected chi connectivity index (χ3v) is 11.0. The van der Waals surface area contributed by atoms with Crippen LogP contribution in [-0.4, -0.2) is 19.5 Å². The van der Waals surface area contributed by atoms with Crippen LogP contribution in [0.25, 0.3) is 104 Å². The van der Waals surface area contributed by atoms with Gasteiger partial charge in [0.05, 0.1) is 31.8 Å². The Morgan fingerprint density at radius 2 is 1.07 bits per heavy atom. The van der Waals surface area contributed by atoms with Gasteiger partial charge in [-0.1, -0.05) is 157 Å². The van der Waals surface area contributed by atoms with Gasteiger partial charge in [-0.15, -0.1) is 11.3 Å². The van der Waals surface area contributed by atoms with Crippen molar-refractivity contribution in [1.82, 2.24) is 19.5 Å². The molecule has 0 atom stereocenters. The van der Waals surface area contributed by atoms with Crippen molar-refractivity contribution in [2.45, 2.75) is 0 Å². The minimum absolute atomic E-state index is 0.00997. The van der Waals surface area contributed by atoms with E-state index in [9.17, 15) is 4.11 Å². The lowest BCUT2D eigenvalue weighted by Gasteiger charge is -2.17. The molecule has 0 bridgehead atoms. The van der Waals surface area contributed by atoms with Crippen LogP contribution in [0.4, 0.5) is 0 Å². The zero-order valence-electron chi connectivity index (χ0n) is 40.3. The van der Waals surface area contributed by atoms with Gasteiger partial charge in [-0.05, 0) is 47.5 Å². The van der Waals surface area contributed by atoms with Gasteiger partial charge in [0.2, 0.25) is 0 Å². The van der Waals surface area contributed by atoms with E-state index in [0.29, 0.717) is 54.8 Å². The zero-order chi connectivity index (χ0) is 46.6. The highest BCUT2D eigenvalue weighted by atomic mass is 32.1. The highest BCUT2D eigenvalue weighted by Crippen LogP contribution is 2.44. The number of thiophene rings is 1. The number of hydrogen-bond acceptors (Lipinski definition) is 4. The molecule has 4 nitrogen and oxygen atoms in total. The Balaban J connectivity index is 1.27. The van der Waals surface area contributed by atoms with Gasteiger partial charge in [-0.25, -0.2) is 15.0 Å². The van der Waals surface area contributed by atoms with Crippen molar-refractivity contribution in [3.8, 4) is 62.1 Å². The van der Waals surface area contributed by atoms with Crippen LogP contribution in [0.2, 0.25) is 0 Å². The van der Waals surface area contributed by atoms with Crippen molar-refractivity contribution in [2.24, 2.45) is 0 Å². The van der Waals surface area contributed by atoms with E-state index in [2.05, 4.69) is 0 Å². The summed E-state index contributed by atoms with van der Waals surface area (Å²) in [5, 5.41) is 2.04. The molecule has 3 heterocycles. The van der Waals surface area contributed by atoms with Gasteiger partial charge in [-0.3, -0.25) is 0 Å². The van der Waals surface area contributed by atoms with Crippen molar-refractivity contribution in [1.29, 1.82) is 0 Å². The van der Waals surface area contributed by atoms with Crippen molar-refractivity contribution < 1.29 is 15.1 Å². The van der Waals surface area contributed by atoms with Gasteiger partial charge in [0.25, 0.3) is 0 Å². The molecule has 56 heavy (non-hydrogen) atoms. The zero-order valence-corrected chi connectivity index (χ0v) is 30.1. The van der Waals surface area contributed by atoms with Crippen LogP contribution in [0.3, 0.4) is 0 Å². The average Bonchev–Trinajstić information content (AvgIpc) is 3.91. The Morgan fingerprint density at radius 1 is 0.411 bits per heavy atom. The van der Waals surface area contributed by atoms with Gasteiger partial charge >= 0.3 is 0 Å². The highest BCUT2D eigenvalue weighted by molar-refractivity contribution is 7.26. The number of para-hydroxylation sites is 1. The molecule has 0 aliphatic carbocycles. The molecule has 0 radical (unpaired) electrons. The van der Waals surface area contributed by atoms with Crippen LogP contribution in [0.5, 0.6) is 0 Å². The molecule has 5 heteroatoms. The van der Waals surface area contributed by atoms with E-state index in [1.807, 2.05) is 114 Å². The summed E-state index contributed by atoms with van der Waals surface area (Å²) in [6, 6.07) is 35.6. The summed E-state index contributed by atoms with van der Waals surface area (Å²) in [5.41, 5.74) is 5.03. The van der Waals surface area contributed by atoms with Crippen LogP contribution >= 0.6 is 11.3 Å². The van der Waals surface area contributed by atoms with Crippen LogP contribution in [0.1, 0.15) is 15.1 Å². The van der Waals surface area contributed by atoms with E-state index in [4.69, 9.17) is 25.9 Å². The minimum atomic E-state index is -0.496. The fraction of sp³-hybridized carbons (Fsp3) is 0. The van der Waals surface area contributed by atoms with Crippen LogP contribution < -0.4 is 0 Å². The number of benzene rings is 8. The second-order valence-corrected chi connectivity index (χ2v) is 14.2. The van der Waals surface area contributed by atoms with Gasteiger partial charge < -0.3 is 4.57 Å². The van der Waals surface area contributed by atoms with E-state index < -0.39 is 24.2 Å². The van der Waals surface area contributed by atoms with E-state index in [-0.39, 0.29) is 64.2 Å². The van der Waals surface area contributed by atoms with Crippen LogP contribution in [0.15, 0.2) is 194 Å². The fourth-order valence-electron chi connectivity index (χ4n) is 7.35. The van der Waals surface area contributed by atoms with Crippen molar-refractivity contribution in [3.05, 3.63) is 194 Å². The summed E-state index contributed by atoms with van der Waals surface area (Å²) >= 11 is 1.13. The number of fused-ring (bicyclic) bond motifs is 6. The second-order valence-electron chi connectivity index (χ2n) is 13.2. The van der Waals surface area contributed by atoms with Crippen molar-refractivity contribution in [3.63, 3.8) is 0 Å². The molecule has 0 saturated heterocycles. The van der Waals surface area contributed by atoms with Gasteiger partial charge in [0, 0.05) is 58.8 Å². The molecule has 0 aliphatic rings. The molecular formula is C51H32N4S. The first kappa shape index (κ1) is 22.9. The Kier molecular flexibility index (Phi) is 5.42. The maximum absolute atomic E-state index is 9.67. The SMILES string of the molecule is [2H]c1cc([2H])c2sc3c(-c4cc(-c5nc(-c6ccccc6)nc(-c6ccccc6)n5)ccc4-n4c5ccccc5c5ccc(-c6c([2H])c([2H])c([2H])c([2H])c6[2H])cc54)c([2H])c([2H])c([2H])c3c2c1[2H]. The molecule has 0 amide bonds. The summed E-state index contributed by atoms with van der Waals surface area (Å²) in [7, 11) is 0. The molecule has 11 rings (SSSR count). The smallest absolute Gasteiger partial charge is 0.164 e. The summed E-state index contributed by atoms with van der Waals surface area (Å²) in [5.74, 6) is 1.17. The number of aromatic nitrogens is 4. The second kappa shape index (κ2) is 13.3. The molecule has 0 unspecified atom stereocenters. The monoisotopic (exact) mass is 743 g/mol. The minimum Gasteiger partial charge on any atom is -0.309 e. The normalized spacial score (nSPS) is 14.3. The van der Waals surface area contributed by atoms with Crippen LogP contribution in [-0.2, 0) is 0 Å². The number of rotatable bonds is 6. The van der Waals surface area contributed by atoms with E-state index >= 15 is 0 Å². The van der Waals surface area contributed by atoms with Gasteiger partial charge in [-0.2, -0.15) is 0 Å². The maximum Gasteiger partial charge on any atom is 0.164 e. The Hall–Kier alpha value is -7.21. The number of nitrogens with zero attached hydrogens (tertiary/aromatic N) is 4.